The number of aliphatic hydroxyl groups excluding tert-OH is 1. The molecule has 114 valence electrons. The monoisotopic (exact) mass is 306 g/mol. The Labute approximate surface area is 130 Å². The van der Waals surface area contributed by atoms with E-state index < -0.39 is 0 Å². The number of thiophene rings is 1. The zero-order chi connectivity index (χ0) is 15.1. The van der Waals surface area contributed by atoms with Gasteiger partial charge < -0.3 is 14.9 Å². The summed E-state index contributed by atoms with van der Waals surface area (Å²) in [5.74, 6) is 5.90. The number of hydrogen-bond donors (Lipinski definition) is 1. The summed E-state index contributed by atoms with van der Waals surface area (Å²) < 4.78 is 0. The molecule has 0 unspecified atom stereocenters. The first-order valence-electron chi connectivity index (χ1n) is 7.37. The third kappa shape index (κ3) is 4.85. The number of rotatable bonds is 5. The maximum Gasteiger partial charge on any atom is 0.254 e. The molecule has 1 saturated heterocycles. The molecule has 1 aromatic rings. The SMILES string of the molecule is CN(CCN1CCCC1)C(=O)c1csc(C#CCCO)c1. The van der Waals surface area contributed by atoms with Crippen molar-refractivity contribution in [1.29, 1.82) is 0 Å². The zero-order valence-electron chi connectivity index (χ0n) is 12.5. The minimum atomic E-state index is 0.0562. The molecule has 0 spiro atoms. The van der Waals surface area contributed by atoms with E-state index in [2.05, 4.69) is 16.7 Å². The number of amides is 1. The molecule has 1 fully saturated rings. The fourth-order valence-corrected chi connectivity index (χ4v) is 3.09. The molecule has 0 saturated carbocycles. The first-order chi connectivity index (χ1) is 10.2. The van der Waals surface area contributed by atoms with E-state index in [4.69, 9.17) is 5.11 Å². The molecule has 0 radical (unpaired) electrons. The smallest absolute Gasteiger partial charge is 0.254 e. The average Bonchev–Trinajstić information content (AvgIpc) is 3.15. The summed E-state index contributed by atoms with van der Waals surface area (Å²) in [5, 5.41) is 10.6. The van der Waals surface area contributed by atoms with Crippen molar-refractivity contribution >= 4 is 17.2 Å². The normalized spacial score (nSPS) is 14.8. The number of carbonyl (C=O) groups excluding carboxylic acids is 1. The Morgan fingerprint density at radius 1 is 1.48 bits per heavy atom. The lowest BCUT2D eigenvalue weighted by molar-refractivity contribution is 0.0783. The lowest BCUT2D eigenvalue weighted by atomic mass is 10.2. The molecule has 21 heavy (non-hydrogen) atoms. The number of likely N-dealkylation sites (N-methyl/N-ethyl adjacent to an activating group) is 1. The van der Waals surface area contributed by atoms with Crippen LogP contribution in [0.1, 0.15) is 34.5 Å². The number of likely N-dealkylation sites (tertiary alicyclic amines) is 1. The molecule has 1 aromatic heterocycles. The predicted molar refractivity (Wildman–Crippen MR) is 85.5 cm³/mol. The van der Waals surface area contributed by atoms with Crippen LogP contribution in [0.15, 0.2) is 11.4 Å². The van der Waals surface area contributed by atoms with Gasteiger partial charge in [0.1, 0.15) is 0 Å². The van der Waals surface area contributed by atoms with E-state index in [1.165, 1.54) is 24.2 Å². The quantitative estimate of drug-likeness (QED) is 0.841. The predicted octanol–water partition coefficient (Wildman–Crippen LogP) is 1.65. The molecule has 0 bridgehead atoms. The first kappa shape index (κ1) is 16.0. The van der Waals surface area contributed by atoms with Gasteiger partial charge in [0.2, 0.25) is 0 Å². The molecule has 0 aliphatic carbocycles. The molecular formula is C16H22N2O2S. The molecule has 2 heterocycles. The average molecular weight is 306 g/mol. The molecule has 0 atom stereocenters. The summed E-state index contributed by atoms with van der Waals surface area (Å²) in [6.07, 6.45) is 3.02. The fraction of sp³-hybridized carbons (Fsp3) is 0.562. The van der Waals surface area contributed by atoms with Crippen LogP contribution in [0.25, 0.3) is 0 Å². The van der Waals surface area contributed by atoms with Crippen molar-refractivity contribution in [2.75, 3.05) is 39.8 Å². The van der Waals surface area contributed by atoms with Crippen LogP contribution >= 0.6 is 11.3 Å². The Morgan fingerprint density at radius 3 is 2.95 bits per heavy atom. The molecule has 5 heteroatoms. The van der Waals surface area contributed by atoms with Gasteiger partial charge in [0.15, 0.2) is 0 Å². The lowest BCUT2D eigenvalue weighted by Gasteiger charge is -2.21. The Hall–Kier alpha value is -1.35. The minimum Gasteiger partial charge on any atom is -0.395 e. The van der Waals surface area contributed by atoms with Gasteiger partial charge in [-0.3, -0.25) is 4.79 Å². The number of carbonyl (C=O) groups is 1. The van der Waals surface area contributed by atoms with Crippen molar-refractivity contribution < 1.29 is 9.90 Å². The Balaban J connectivity index is 1.85. The van der Waals surface area contributed by atoms with Crippen molar-refractivity contribution in [3.8, 4) is 11.8 Å². The molecule has 1 aliphatic heterocycles. The van der Waals surface area contributed by atoms with Crippen LogP contribution in [-0.2, 0) is 0 Å². The second-order valence-corrected chi connectivity index (χ2v) is 6.16. The van der Waals surface area contributed by atoms with Gasteiger partial charge in [-0.1, -0.05) is 11.8 Å². The van der Waals surface area contributed by atoms with E-state index in [1.807, 2.05) is 18.5 Å². The Morgan fingerprint density at radius 2 is 2.24 bits per heavy atom. The number of aliphatic hydroxyl groups is 1. The summed E-state index contributed by atoms with van der Waals surface area (Å²) in [6, 6.07) is 1.84. The van der Waals surface area contributed by atoms with Crippen LogP contribution in [0.4, 0.5) is 0 Å². The molecule has 2 rings (SSSR count). The van der Waals surface area contributed by atoms with Crippen LogP contribution in [0.5, 0.6) is 0 Å². The van der Waals surface area contributed by atoms with Crippen LogP contribution in [-0.4, -0.2) is 60.6 Å². The van der Waals surface area contributed by atoms with Gasteiger partial charge in [-0.05, 0) is 32.0 Å². The van der Waals surface area contributed by atoms with Gasteiger partial charge in [-0.2, -0.15) is 0 Å². The third-order valence-corrected chi connectivity index (χ3v) is 4.44. The van der Waals surface area contributed by atoms with Gasteiger partial charge >= 0.3 is 0 Å². The molecular weight excluding hydrogens is 284 g/mol. The second-order valence-electron chi connectivity index (χ2n) is 5.25. The van der Waals surface area contributed by atoms with Crippen LogP contribution in [0.2, 0.25) is 0 Å². The van der Waals surface area contributed by atoms with E-state index in [0.717, 1.165) is 31.1 Å². The van der Waals surface area contributed by atoms with Crippen molar-refractivity contribution in [3.63, 3.8) is 0 Å². The van der Waals surface area contributed by atoms with Gasteiger partial charge in [-0.15, -0.1) is 11.3 Å². The van der Waals surface area contributed by atoms with Crippen LogP contribution < -0.4 is 0 Å². The first-order valence-corrected chi connectivity index (χ1v) is 8.25. The number of hydrogen-bond acceptors (Lipinski definition) is 4. The van der Waals surface area contributed by atoms with Crippen molar-refractivity contribution in [1.82, 2.24) is 9.80 Å². The molecule has 4 nitrogen and oxygen atoms in total. The summed E-state index contributed by atoms with van der Waals surface area (Å²) >= 11 is 1.48. The Kier molecular flexibility index (Phi) is 6.24. The molecule has 1 N–H and O–H groups in total. The summed E-state index contributed by atoms with van der Waals surface area (Å²) in [5.41, 5.74) is 0.706. The van der Waals surface area contributed by atoms with E-state index in [1.54, 1.807) is 4.90 Å². The number of nitrogens with zero attached hydrogens (tertiary/aromatic N) is 2. The molecule has 0 aromatic carbocycles. The van der Waals surface area contributed by atoms with Crippen LogP contribution in [0.3, 0.4) is 0 Å². The molecule has 1 aliphatic rings. The van der Waals surface area contributed by atoms with Crippen molar-refractivity contribution in [3.05, 3.63) is 21.9 Å². The van der Waals surface area contributed by atoms with Crippen molar-refractivity contribution in [2.45, 2.75) is 19.3 Å². The lowest BCUT2D eigenvalue weighted by Crippen LogP contribution is -2.35. The molecule has 1 amide bonds. The van der Waals surface area contributed by atoms with E-state index in [-0.39, 0.29) is 12.5 Å². The highest BCUT2D eigenvalue weighted by atomic mass is 32.1. The summed E-state index contributed by atoms with van der Waals surface area (Å²) in [4.78, 5) is 17.4. The highest BCUT2D eigenvalue weighted by Gasteiger charge is 2.16. The fourth-order valence-electron chi connectivity index (χ4n) is 2.34. The highest BCUT2D eigenvalue weighted by molar-refractivity contribution is 7.10. The van der Waals surface area contributed by atoms with E-state index in [0.29, 0.717) is 12.0 Å². The van der Waals surface area contributed by atoms with Crippen LogP contribution in [0, 0.1) is 11.8 Å². The second kappa shape index (κ2) is 8.18. The maximum atomic E-state index is 12.3. The van der Waals surface area contributed by atoms with E-state index >= 15 is 0 Å². The Bertz CT molecular complexity index is 524. The topological polar surface area (TPSA) is 43.8 Å². The van der Waals surface area contributed by atoms with Gasteiger partial charge in [0, 0.05) is 31.9 Å². The zero-order valence-corrected chi connectivity index (χ0v) is 13.3. The maximum absolute atomic E-state index is 12.3. The van der Waals surface area contributed by atoms with Gasteiger partial charge in [0.05, 0.1) is 17.0 Å². The minimum absolute atomic E-state index is 0.0562. The highest BCUT2D eigenvalue weighted by Crippen LogP contribution is 2.15. The van der Waals surface area contributed by atoms with Crippen molar-refractivity contribution in [2.24, 2.45) is 0 Å². The third-order valence-electron chi connectivity index (χ3n) is 3.59. The van der Waals surface area contributed by atoms with Gasteiger partial charge in [-0.25, -0.2) is 0 Å². The standard InChI is InChI=1S/C16H22N2O2S/c1-17(9-10-18-7-3-4-8-18)16(20)14-12-15(21-13-14)6-2-5-11-19/h12-13,19H,3-5,7-11H2,1H3. The van der Waals surface area contributed by atoms with E-state index in [9.17, 15) is 4.79 Å². The summed E-state index contributed by atoms with van der Waals surface area (Å²) in [6.45, 7) is 4.11. The summed E-state index contributed by atoms with van der Waals surface area (Å²) in [7, 11) is 1.85. The van der Waals surface area contributed by atoms with Gasteiger partial charge in [0.25, 0.3) is 5.91 Å². The largest absolute Gasteiger partial charge is 0.395 e.